The molecule has 2 aromatic carbocycles. The molecule has 3 aromatic rings. The van der Waals surface area contributed by atoms with E-state index in [1.54, 1.807) is 24.3 Å². The first-order valence-electron chi connectivity index (χ1n) is 8.02. The van der Waals surface area contributed by atoms with Crippen molar-refractivity contribution in [1.82, 2.24) is 0 Å². The minimum absolute atomic E-state index is 0.241. The Morgan fingerprint density at radius 3 is 2.00 bits per heavy atom. The van der Waals surface area contributed by atoms with Crippen LogP contribution in [0.15, 0.2) is 53.9 Å². The molecule has 0 atom stereocenters. The van der Waals surface area contributed by atoms with Crippen LogP contribution < -0.4 is 5.32 Å². The van der Waals surface area contributed by atoms with E-state index in [4.69, 9.17) is 27.9 Å². The SMILES string of the molecule is COC(=O)c1scc2c1NC(=O)C2(c1ccc(Cl)cc1)c1ccc(Cl)cc1. The second-order valence-electron chi connectivity index (χ2n) is 6.06. The van der Waals surface area contributed by atoms with E-state index in [1.807, 2.05) is 29.6 Å². The lowest BCUT2D eigenvalue weighted by molar-refractivity contribution is -0.118. The summed E-state index contributed by atoms with van der Waals surface area (Å²) >= 11 is 13.4. The standard InChI is InChI=1S/C20H13Cl2NO3S/c1-26-18(24)17-16-15(10-27-17)20(19(25)23-16,11-2-6-13(21)7-3-11)12-4-8-14(22)9-5-12/h2-10H,1H3,(H,23,25). The average molecular weight is 418 g/mol. The van der Waals surface area contributed by atoms with Crippen molar-refractivity contribution in [3.05, 3.63) is 85.5 Å². The van der Waals surface area contributed by atoms with Gasteiger partial charge in [0.05, 0.1) is 12.8 Å². The van der Waals surface area contributed by atoms with Gasteiger partial charge in [-0.1, -0.05) is 47.5 Å². The van der Waals surface area contributed by atoms with E-state index in [0.29, 0.717) is 26.2 Å². The quantitative estimate of drug-likeness (QED) is 0.601. The van der Waals surface area contributed by atoms with Gasteiger partial charge in [0.1, 0.15) is 10.3 Å². The molecule has 0 bridgehead atoms. The van der Waals surface area contributed by atoms with E-state index in [1.165, 1.54) is 18.4 Å². The molecule has 2 heterocycles. The lowest BCUT2D eigenvalue weighted by Gasteiger charge is -2.28. The van der Waals surface area contributed by atoms with Crippen LogP contribution in [-0.4, -0.2) is 19.0 Å². The fraction of sp³-hybridized carbons (Fsp3) is 0.100. The second-order valence-corrected chi connectivity index (χ2v) is 7.82. The third kappa shape index (κ3) is 2.65. The number of rotatable bonds is 3. The van der Waals surface area contributed by atoms with Crippen LogP contribution in [0, 0.1) is 0 Å². The Hall–Kier alpha value is -2.34. The molecule has 7 heteroatoms. The highest BCUT2D eigenvalue weighted by molar-refractivity contribution is 7.13. The number of fused-ring (bicyclic) bond motifs is 1. The van der Waals surface area contributed by atoms with Crippen LogP contribution in [0.5, 0.6) is 0 Å². The zero-order valence-corrected chi connectivity index (χ0v) is 16.4. The Balaban J connectivity index is 2.02. The van der Waals surface area contributed by atoms with Gasteiger partial charge in [-0.3, -0.25) is 4.79 Å². The Bertz CT molecular complexity index is 997. The molecule has 0 saturated heterocycles. The molecule has 1 aliphatic heterocycles. The summed E-state index contributed by atoms with van der Waals surface area (Å²) in [6, 6.07) is 14.3. The highest BCUT2D eigenvalue weighted by Gasteiger charge is 2.51. The topological polar surface area (TPSA) is 55.4 Å². The number of amides is 1. The van der Waals surface area contributed by atoms with E-state index >= 15 is 0 Å². The highest BCUT2D eigenvalue weighted by atomic mass is 35.5. The number of methoxy groups -OCH3 is 1. The molecule has 0 spiro atoms. The molecule has 136 valence electrons. The van der Waals surface area contributed by atoms with Crippen LogP contribution >= 0.6 is 34.5 Å². The van der Waals surface area contributed by atoms with Crippen molar-refractivity contribution >= 4 is 52.1 Å². The van der Waals surface area contributed by atoms with Gasteiger partial charge in [-0.15, -0.1) is 11.3 Å². The van der Waals surface area contributed by atoms with Crippen LogP contribution in [0.25, 0.3) is 0 Å². The number of benzene rings is 2. The first-order chi connectivity index (χ1) is 13.0. The molecule has 1 N–H and O–H groups in total. The maximum absolute atomic E-state index is 13.3. The van der Waals surface area contributed by atoms with Crippen molar-refractivity contribution in [3.8, 4) is 0 Å². The van der Waals surface area contributed by atoms with Gasteiger partial charge in [0.15, 0.2) is 0 Å². The molecule has 0 unspecified atom stereocenters. The zero-order chi connectivity index (χ0) is 19.2. The number of ether oxygens (including phenoxy) is 1. The fourth-order valence-corrected chi connectivity index (χ4v) is 4.71. The van der Waals surface area contributed by atoms with Crippen molar-refractivity contribution in [2.75, 3.05) is 12.4 Å². The maximum Gasteiger partial charge on any atom is 0.350 e. The number of anilines is 1. The van der Waals surface area contributed by atoms with Gasteiger partial charge in [0.2, 0.25) is 5.91 Å². The van der Waals surface area contributed by atoms with Crippen molar-refractivity contribution in [2.24, 2.45) is 0 Å². The van der Waals surface area contributed by atoms with E-state index in [0.717, 1.165) is 11.1 Å². The maximum atomic E-state index is 13.3. The number of hydrogen-bond donors (Lipinski definition) is 1. The van der Waals surface area contributed by atoms with Crippen molar-refractivity contribution in [3.63, 3.8) is 0 Å². The normalized spacial score (nSPS) is 14.6. The van der Waals surface area contributed by atoms with Crippen LogP contribution in [0.3, 0.4) is 0 Å². The summed E-state index contributed by atoms with van der Waals surface area (Å²) < 4.78 is 4.85. The van der Waals surface area contributed by atoms with Crippen molar-refractivity contribution < 1.29 is 14.3 Å². The third-order valence-corrected chi connectivity index (χ3v) is 6.16. The number of thiophene rings is 1. The number of carbonyl (C=O) groups excluding carboxylic acids is 2. The van der Waals surface area contributed by atoms with Crippen LogP contribution in [0.4, 0.5) is 5.69 Å². The Labute approximate surface area is 169 Å². The Morgan fingerprint density at radius 2 is 1.52 bits per heavy atom. The Kier molecular flexibility index (Phi) is 4.46. The number of carbonyl (C=O) groups is 2. The summed E-state index contributed by atoms with van der Waals surface area (Å²) in [5.41, 5.74) is 1.59. The van der Waals surface area contributed by atoms with Gasteiger partial charge in [-0.05, 0) is 40.8 Å². The predicted octanol–water partition coefficient (Wildman–Crippen LogP) is 5.13. The van der Waals surface area contributed by atoms with Crippen LogP contribution in [0.2, 0.25) is 10.0 Å². The number of hydrogen-bond acceptors (Lipinski definition) is 4. The highest BCUT2D eigenvalue weighted by Crippen LogP contribution is 2.51. The molecule has 1 amide bonds. The first-order valence-corrected chi connectivity index (χ1v) is 9.66. The smallest absolute Gasteiger partial charge is 0.350 e. The predicted molar refractivity (Wildman–Crippen MR) is 107 cm³/mol. The minimum Gasteiger partial charge on any atom is -0.465 e. The van der Waals surface area contributed by atoms with Gasteiger partial charge in [-0.25, -0.2) is 4.79 Å². The number of esters is 1. The average Bonchev–Trinajstić information content (AvgIpc) is 3.20. The summed E-state index contributed by atoms with van der Waals surface area (Å²) in [6.07, 6.45) is 0. The van der Waals surface area contributed by atoms with Gasteiger partial charge < -0.3 is 10.1 Å². The van der Waals surface area contributed by atoms with Gasteiger partial charge in [-0.2, -0.15) is 0 Å². The lowest BCUT2D eigenvalue weighted by Crippen LogP contribution is -2.37. The van der Waals surface area contributed by atoms with E-state index < -0.39 is 11.4 Å². The van der Waals surface area contributed by atoms with Gasteiger partial charge in [0, 0.05) is 15.6 Å². The van der Waals surface area contributed by atoms with Crippen molar-refractivity contribution in [1.29, 1.82) is 0 Å². The summed E-state index contributed by atoms with van der Waals surface area (Å²) in [5.74, 6) is -0.723. The molecule has 4 nitrogen and oxygen atoms in total. The minimum atomic E-state index is -1.10. The lowest BCUT2D eigenvalue weighted by atomic mass is 9.71. The summed E-state index contributed by atoms with van der Waals surface area (Å²) in [6.45, 7) is 0. The molecule has 1 aromatic heterocycles. The van der Waals surface area contributed by atoms with E-state index in [-0.39, 0.29) is 5.91 Å². The second kappa shape index (κ2) is 6.68. The summed E-state index contributed by atoms with van der Waals surface area (Å²) in [5, 5.41) is 5.85. The van der Waals surface area contributed by atoms with Gasteiger partial charge in [0.25, 0.3) is 0 Å². The Morgan fingerprint density at radius 1 is 1.00 bits per heavy atom. The molecule has 0 aliphatic carbocycles. The zero-order valence-electron chi connectivity index (χ0n) is 14.1. The molecule has 0 fully saturated rings. The fourth-order valence-electron chi connectivity index (χ4n) is 3.47. The third-order valence-electron chi connectivity index (χ3n) is 4.70. The van der Waals surface area contributed by atoms with Crippen LogP contribution in [-0.2, 0) is 14.9 Å². The first kappa shape index (κ1) is 18.0. The molecule has 0 saturated carbocycles. The van der Waals surface area contributed by atoms with Crippen LogP contribution in [0.1, 0.15) is 26.4 Å². The largest absolute Gasteiger partial charge is 0.465 e. The monoisotopic (exact) mass is 417 g/mol. The molecular weight excluding hydrogens is 405 g/mol. The molecule has 27 heavy (non-hydrogen) atoms. The molecule has 0 radical (unpaired) electrons. The van der Waals surface area contributed by atoms with Gasteiger partial charge >= 0.3 is 5.97 Å². The summed E-state index contributed by atoms with van der Waals surface area (Å²) in [4.78, 5) is 25.8. The van der Waals surface area contributed by atoms with E-state index in [2.05, 4.69) is 5.32 Å². The molecular formula is C20H13Cl2NO3S. The molecule has 4 rings (SSSR count). The van der Waals surface area contributed by atoms with E-state index in [9.17, 15) is 9.59 Å². The number of nitrogens with one attached hydrogen (secondary N) is 1. The van der Waals surface area contributed by atoms with Crippen molar-refractivity contribution in [2.45, 2.75) is 5.41 Å². The summed E-state index contributed by atoms with van der Waals surface area (Å²) in [7, 11) is 1.32. The molecule has 1 aliphatic rings. The number of halogens is 2.